The van der Waals surface area contributed by atoms with Crippen LogP contribution in [0.2, 0.25) is 0 Å². The SMILES string of the molecule is Cc1ccnc(N)c1C(NN)C(F)F. The van der Waals surface area contributed by atoms with Crippen LogP contribution in [0.3, 0.4) is 0 Å². The molecule has 0 saturated carbocycles. The molecular formula is C8H12F2N4. The summed E-state index contributed by atoms with van der Waals surface area (Å²) in [6.45, 7) is 1.68. The molecule has 78 valence electrons. The first-order valence-electron chi connectivity index (χ1n) is 4.03. The van der Waals surface area contributed by atoms with Crippen molar-refractivity contribution in [2.24, 2.45) is 5.84 Å². The number of nitrogens with zero attached hydrogens (tertiary/aromatic N) is 1. The van der Waals surface area contributed by atoms with Crippen LogP contribution in [0, 0.1) is 6.92 Å². The van der Waals surface area contributed by atoms with E-state index in [2.05, 4.69) is 4.98 Å². The highest BCUT2D eigenvalue weighted by molar-refractivity contribution is 5.46. The third-order valence-electron chi connectivity index (χ3n) is 1.98. The van der Waals surface area contributed by atoms with E-state index in [0.29, 0.717) is 5.56 Å². The van der Waals surface area contributed by atoms with Crippen LogP contribution in [-0.2, 0) is 0 Å². The van der Waals surface area contributed by atoms with Gasteiger partial charge in [-0.15, -0.1) is 0 Å². The average molecular weight is 202 g/mol. The zero-order chi connectivity index (χ0) is 10.7. The van der Waals surface area contributed by atoms with Gasteiger partial charge in [-0.1, -0.05) is 0 Å². The van der Waals surface area contributed by atoms with E-state index in [0.717, 1.165) is 0 Å². The second-order valence-electron chi connectivity index (χ2n) is 2.91. The highest BCUT2D eigenvalue weighted by atomic mass is 19.3. The lowest BCUT2D eigenvalue weighted by Gasteiger charge is -2.18. The van der Waals surface area contributed by atoms with Crippen LogP contribution in [0.1, 0.15) is 17.2 Å². The molecule has 0 fully saturated rings. The largest absolute Gasteiger partial charge is 0.383 e. The number of hydrazine groups is 1. The van der Waals surface area contributed by atoms with Gasteiger partial charge in [-0.2, -0.15) is 0 Å². The van der Waals surface area contributed by atoms with E-state index >= 15 is 0 Å². The number of nitrogens with one attached hydrogen (secondary N) is 1. The van der Waals surface area contributed by atoms with Gasteiger partial charge in [0.1, 0.15) is 11.9 Å². The smallest absolute Gasteiger partial charge is 0.259 e. The van der Waals surface area contributed by atoms with E-state index in [9.17, 15) is 8.78 Å². The third-order valence-corrected chi connectivity index (χ3v) is 1.98. The molecule has 1 atom stereocenters. The molecule has 1 aromatic heterocycles. The predicted octanol–water partition coefficient (Wildman–Crippen LogP) is 0.742. The molecule has 5 N–H and O–H groups in total. The number of aryl methyl sites for hydroxylation is 1. The van der Waals surface area contributed by atoms with Crippen molar-refractivity contribution in [1.82, 2.24) is 10.4 Å². The minimum absolute atomic E-state index is 0.0771. The Balaban J connectivity index is 3.15. The number of hydrogen-bond donors (Lipinski definition) is 3. The molecule has 0 radical (unpaired) electrons. The van der Waals surface area contributed by atoms with Crippen molar-refractivity contribution in [3.8, 4) is 0 Å². The number of halogens is 2. The Morgan fingerprint density at radius 2 is 2.14 bits per heavy atom. The van der Waals surface area contributed by atoms with Crippen molar-refractivity contribution >= 4 is 5.82 Å². The second kappa shape index (κ2) is 4.30. The fourth-order valence-electron chi connectivity index (χ4n) is 1.28. The van der Waals surface area contributed by atoms with Crippen LogP contribution in [0.25, 0.3) is 0 Å². The Morgan fingerprint density at radius 1 is 1.50 bits per heavy atom. The van der Waals surface area contributed by atoms with Crippen LogP contribution < -0.4 is 17.0 Å². The van der Waals surface area contributed by atoms with Gasteiger partial charge in [0.25, 0.3) is 6.43 Å². The molecule has 4 nitrogen and oxygen atoms in total. The van der Waals surface area contributed by atoms with Crippen LogP contribution in [0.4, 0.5) is 14.6 Å². The van der Waals surface area contributed by atoms with Crippen molar-refractivity contribution in [2.75, 3.05) is 5.73 Å². The number of rotatable bonds is 3. The summed E-state index contributed by atoms with van der Waals surface area (Å²) in [6.07, 6.45) is -1.15. The van der Waals surface area contributed by atoms with Gasteiger partial charge in [0, 0.05) is 11.8 Å². The lowest BCUT2D eigenvalue weighted by molar-refractivity contribution is 0.0985. The summed E-state index contributed by atoms with van der Waals surface area (Å²) in [4.78, 5) is 3.74. The van der Waals surface area contributed by atoms with Gasteiger partial charge in [-0.25, -0.2) is 19.2 Å². The molecule has 0 saturated heterocycles. The molecule has 0 amide bonds. The number of hydrogen-bond acceptors (Lipinski definition) is 4. The van der Waals surface area contributed by atoms with E-state index in [1.807, 2.05) is 5.43 Å². The first kappa shape index (κ1) is 10.8. The number of alkyl halides is 2. The molecule has 1 rings (SSSR count). The van der Waals surface area contributed by atoms with Crippen LogP contribution >= 0.6 is 0 Å². The summed E-state index contributed by atoms with van der Waals surface area (Å²) < 4.78 is 25.0. The third kappa shape index (κ3) is 1.97. The molecule has 0 bridgehead atoms. The van der Waals surface area contributed by atoms with E-state index < -0.39 is 12.5 Å². The van der Waals surface area contributed by atoms with Crippen LogP contribution in [0.15, 0.2) is 12.3 Å². The summed E-state index contributed by atoms with van der Waals surface area (Å²) in [6, 6.07) is 0.335. The summed E-state index contributed by atoms with van der Waals surface area (Å²) in [7, 11) is 0. The Bertz CT molecular complexity index is 296. The van der Waals surface area contributed by atoms with Crippen LogP contribution in [-0.4, -0.2) is 11.4 Å². The fourth-order valence-corrected chi connectivity index (χ4v) is 1.28. The molecule has 0 aromatic carbocycles. The molecule has 0 aliphatic heterocycles. The Kier molecular flexibility index (Phi) is 3.32. The van der Waals surface area contributed by atoms with Crippen molar-refractivity contribution in [2.45, 2.75) is 19.4 Å². The summed E-state index contributed by atoms with van der Waals surface area (Å²) >= 11 is 0. The van der Waals surface area contributed by atoms with Gasteiger partial charge in [0.15, 0.2) is 0 Å². The molecule has 6 heteroatoms. The lowest BCUT2D eigenvalue weighted by Crippen LogP contribution is -2.34. The van der Waals surface area contributed by atoms with E-state index in [1.54, 1.807) is 13.0 Å². The van der Waals surface area contributed by atoms with E-state index in [-0.39, 0.29) is 11.4 Å². The Hall–Kier alpha value is -1.27. The monoisotopic (exact) mass is 202 g/mol. The second-order valence-corrected chi connectivity index (χ2v) is 2.91. The standard InChI is InChI=1S/C8H12F2N4/c1-4-2-3-13-8(11)5(4)6(14-12)7(9)10/h2-3,6-7,14H,12H2,1H3,(H2,11,13). The van der Waals surface area contributed by atoms with E-state index in [1.165, 1.54) is 6.20 Å². The highest BCUT2D eigenvalue weighted by Gasteiger charge is 2.24. The van der Waals surface area contributed by atoms with Gasteiger partial charge in [-0.3, -0.25) is 5.84 Å². The Labute approximate surface area is 80.3 Å². The molecule has 1 aromatic rings. The lowest BCUT2D eigenvalue weighted by atomic mass is 10.0. The normalized spacial score (nSPS) is 13.2. The number of aromatic nitrogens is 1. The predicted molar refractivity (Wildman–Crippen MR) is 49.5 cm³/mol. The maximum absolute atomic E-state index is 12.5. The van der Waals surface area contributed by atoms with Crippen LogP contribution in [0.5, 0.6) is 0 Å². The summed E-state index contributed by atoms with van der Waals surface area (Å²) in [5.41, 5.74) is 8.42. The molecular weight excluding hydrogens is 190 g/mol. The minimum atomic E-state index is -2.62. The quantitative estimate of drug-likeness (QED) is 0.499. The fraction of sp³-hybridized carbons (Fsp3) is 0.375. The number of nitrogens with two attached hydrogens (primary N) is 2. The molecule has 1 heterocycles. The molecule has 14 heavy (non-hydrogen) atoms. The van der Waals surface area contributed by atoms with Gasteiger partial charge in [-0.05, 0) is 18.6 Å². The number of nitrogen functional groups attached to an aromatic ring is 1. The van der Waals surface area contributed by atoms with Gasteiger partial charge >= 0.3 is 0 Å². The maximum Gasteiger partial charge on any atom is 0.259 e. The number of pyridine rings is 1. The van der Waals surface area contributed by atoms with Gasteiger partial charge in [0.05, 0.1) is 0 Å². The van der Waals surface area contributed by atoms with Gasteiger partial charge in [0.2, 0.25) is 0 Å². The summed E-state index contributed by atoms with van der Waals surface area (Å²) in [5.74, 6) is 5.11. The van der Waals surface area contributed by atoms with Crippen molar-refractivity contribution in [3.63, 3.8) is 0 Å². The first-order valence-corrected chi connectivity index (χ1v) is 4.03. The zero-order valence-corrected chi connectivity index (χ0v) is 7.67. The number of anilines is 1. The van der Waals surface area contributed by atoms with Crippen molar-refractivity contribution < 1.29 is 8.78 Å². The molecule has 0 aliphatic carbocycles. The topological polar surface area (TPSA) is 77.0 Å². The Morgan fingerprint density at radius 3 is 2.57 bits per heavy atom. The average Bonchev–Trinajstić information content (AvgIpc) is 2.10. The molecule has 0 spiro atoms. The zero-order valence-electron chi connectivity index (χ0n) is 7.67. The molecule has 1 unspecified atom stereocenters. The minimum Gasteiger partial charge on any atom is -0.383 e. The van der Waals surface area contributed by atoms with Crippen molar-refractivity contribution in [3.05, 3.63) is 23.4 Å². The van der Waals surface area contributed by atoms with Crippen molar-refractivity contribution in [1.29, 1.82) is 0 Å². The first-order chi connectivity index (χ1) is 6.57. The summed E-state index contributed by atoms with van der Waals surface area (Å²) in [5, 5.41) is 0. The highest BCUT2D eigenvalue weighted by Crippen LogP contribution is 2.26. The van der Waals surface area contributed by atoms with E-state index in [4.69, 9.17) is 11.6 Å². The maximum atomic E-state index is 12.5. The van der Waals surface area contributed by atoms with Gasteiger partial charge < -0.3 is 5.73 Å². The molecule has 0 aliphatic rings.